The van der Waals surface area contributed by atoms with Crippen LogP contribution >= 0.6 is 0 Å². The Kier molecular flexibility index (Phi) is 2.65. The van der Waals surface area contributed by atoms with E-state index in [9.17, 15) is 0 Å². The molecule has 2 atom stereocenters. The average molecular weight is 162 g/mol. The largest absolute Gasteiger partial charge is 0.0885 e. The first-order chi connectivity index (χ1) is 5.97. The van der Waals surface area contributed by atoms with Gasteiger partial charge in [-0.3, -0.25) is 0 Å². The summed E-state index contributed by atoms with van der Waals surface area (Å²) in [4.78, 5) is 0. The van der Waals surface area contributed by atoms with Gasteiger partial charge in [0.05, 0.1) is 0 Å². The Hall–Kier alpha value is -0.520. The van der Waals surface area contributed by atoms with E-state index in [4.69, 9.17) is 0 Å². The molecule has 12 heavy (non-hydrogen) atoms. The van der Waals surface area contributed by atoms with Gasteiger partial charge in [0, 0.05) is 0 Å². The molecule has 0 N–H and O–H groups in total. The van der Waals surface area contributed by atoms with Crippen molar-refractivity contribution in [3.63, 3.8) is 0 Å². The third-order valence-corrected chi connectivity index (χ3v) is 3.29. The van der Waals surface area contributed by atoms with Crippen LogP contribution in [0.3, 0.4) is 0 Å². The highest BCUT2D eigenvalue weighted by Crippen LogP contribution is 2.33. The fourth-order valence-corrected chi connectivity index (χ4v) is 2.49. The van der Waals surface area contributed by atoms with Gasteiger partial charge in [-0.05, 0) is 50.4 Å². The maximum atomic E-state index is 2.38. The van der Waals surface area contributed by atoms with E-state index in [0.29, 0.717) is 0 Å². The van der Waals surface area contributed by atoms with Crippen molar-refractivity contribution in [2.24, 2.45) is 11.8 Å². The lowest BCUT2D eigenvalue weighted by Crippen LogP contribution is -2.16. The first-order valence-corrected chi connectivity index (χ1v) is 5.27. The van der Waals surface area contributed by atoms with E-state index in [1.54, 1.807) is 0 Å². The van der Waals surface area contributed by atoms with Crippen LogP contribution in [0.2, 0.25) is 0 Å². The van der Waals surface area contributed by atoms with E-state index >= 15 is 0 Å². The fourth-order valence-electron chi connectivity index (χ4n) is 2.49. The highest BCUT2D eigenvalue weighted by molar-refractivity contribution is 4.97. The Labute approximate surface area is 75.4 Å². The fraction of sp³-hybridized carbons (Fsp3) is 0.667. The monoisotopic (exact) mass is 162 g/mol. The zero-order valence-electron chi connectivity index (χ0n) is 7.71. The van der Waals surface area contributed by atoms with Crippen molar-refractivity contribution in [2.75, 3.05) is 0 Å². The molecule has 0 fully saturated rings. The number of rotatable bonds is 1. The predicted octanol–water partition coefficient (Wildman–Crippen LogP) is 3.70. The van der Waals surface area contributed by atoms with Gasteiger partial charge in [-0.15, -0.1) is 0 Å². The molecular weight excluding hydrogens is 144 g/mol. The van der Waals surface area contributed by atoms with Crippen molar-refractivity contribution in [1.29, 1.82) is 0 Å². The van der Waals surface area contributed by atoms with Crippen LogP contribution in [-0.4, -0.2) is 0 Å². The summed E-state index contributed by atoms with van der Waals surface area (Å²) in [6.45, 7) is 0. The molecule has 0 aliphatic heterocycles. The molecule has 0 radical (unpaired) electrons. The van der Waals surface area contributed by atoms with Crippen molar-refractivity contribution in [2.45, 2.75) is 38.5 Å². The minimum absolute atomic E-state index is 1.000. The SMILES string of the molecule is C1=CC[C@H]([C@H]2CC=CCC2)CC1. The molecule has 0 heterocycles. The van der Waals surface area contributed by atoms with Crippen molar-refractivity contribution in [3.05, 3.63) is 24.3 Å². The van der Waals surface area contributed by atoms with Gasteiger partial charge in [-0.25, -0.2) is 0 Å². The van der Waals surface area contributed by atoms with Crippen LogP contribution in [0, 0.1) is 11.8 Å². The summed E-state index contributed by atoms with van der Waals surface area (Å²) in [5.41, 5.74) is 0. The highest BCUT2D eigenvalue weighted by atomic mass is 14.3. The molecule has 0 nitrogen and oxygen atoms in total. The number of allylic oxidation sites excluding steroid dienone is 4. The van der Waals surface area contributed by atoms with E-state index in [1.807, 2.05) is 0 Å². The lowest BCUT2D eigenvalue weighted by molar-refractivity contribution is 0.288. The average Bonchev–Trinajstić information content (AvgIpc) is 2.21. The third-order valence-electron chi connectivity index (χ3n) is 3.29. The summed E-state index contributed by atoms with van der Waals surface area (Å²) in [7, 11) is 0. The van der Waals surface area contributed by atoms with Crippen LogP contribution in [0.4, 0.5) is 0 Å². The number of hydrogen-bond donors (Lipinski definition) is 0. The molecule has 0 bridgehead atoms. The van der Waals surface area contributed by atoms with E-state index in [1.165, 1.54) is 38.5 Å². The van der Waals surface area contributed by atoms with E-state index < -0.39 is 0 Å². The molecule has 66 valence electrons. The van der Waals surface area contributed by atoms with Gasteiger partial charge in [0.2, 0.25) is 0 Å². The summed E-state index contributed by atoms with van der Waals surface area (Å²) in [6.07, 6.45) is 17.7. The van der Waals surface area contributed by atoms with Crippen molar-refractivity contribution in [3.8, 4) is 0 Å². The molecule has 0 saturated heterocycles. The minimum atomic E-state index is 1.000. The normalized spacial score (nSPS) is 35.3. The van der Waals surface area contributed by atoms with Gasteiger partial charge in [0.1, 0.15) is 0 Å². The topological polar surface area (TPSA) is 0 Å². The van der Waals surface area contributed by atoms with Gasteiger partial charge >= 0.3 is 0 Å². The second-order valence-corrected chi connectivity index (χ2v) is 4.09. The van der Waals surface area contributed by atoms with Crippen LogP contribution in [0.5, 0.6) is 0 Å². The zero-order chi connectivity index (χ0) is 8.23. The van der Waals surface area contributed by atoms with Crippen LogP contribution in [0.1, 0.15) is 38.5 Å². The standard InChI is InChI=1S/C12H18/c1-3-7-11(8-4-1)12-9-5-2-6-10-12/h1-3,5,11-12H,4,6-10H2/t11-,12-/m0/s1. The van der Waals surface area contributed by atoms with Crippen LogP contribution in [0.15, 0.2) is 24.3 Å². The smallest absolute Gasteiger partial charge is 0.0319 e. The van der Waals surface area contributed by atoms with Crippen LogP contribution in [0.25, 0.3) is 0 Å². The molecule has 0 heteroatoms. The van der Waals surface area contributed by atoms with E-state index in [2.05, 4.69) is 24.3 Å². The Morgan fingerprint density at radius 3 is 1.50 bits per heavy atom. The zero-order valence-corrected chi connectivity index (χ0v) is 7.71. The first kappa shape index (κ1) is 8.10. The maximum absolute atomic E-state index is 2.38. The lowest BCUT2D eigenvalue weighted by atomic mass is 9.77. The second-order valence-electron chi connectivity index (χ2n) is 4.09. The molecule has 2 aliphatic rings. The Bertz CT molecular complexity index is 166. The highest BCUT2D eigenvalue weighted by Gasteiger charge is 2.21. The summed E-state index contributed by atoms with van der Waals surface area (Å²) >= 11 is 0. The Morgan fingerprint density at radius 1 is 0.667 bits per heavy atom. The quantitative estimate of drug-likeness (QED) is 0.516. The lowest BCUT2D eigenvalue weighted by Gasteiger charge is -2.28. The van der Waals surface area contributed by atoms with Gasteiger partial charge in [-0.2, -0.15) is 0 Å². The summed E-state index contributed by atoms with van der Waals surface area (Å²) in [5.74, 6) is 2.00. The van der Waals surface area contributed by atoms with Crippen molar-refractivity contribution in [1.82, 2.24) is 0 Å². The first-order valence-electron chi connectivity index (χ1n) is 5.27. The van der Waals surface area contributed by atoms with Crippen molar-refractivity contribution >= 4 is 0 Å². The third kappa shape index (κ3) is 1.80. The molecule has 0 aromatic rings. The van der Waals surface area contributed by atoms with Crippen LogP contribution < -0.4 is 0 Å². The van der Waals surface area contributed by atoms with E-state index in [0.717, 1.165) is 11.8 Å². The summed E-state index contributed by atoms with van der Waals surface area (Å²) < 4.78 is 0. The van der Waals surface area contributed by atoms with Gasteiger partial charge < -0.3 is 0 Å². The maximum Gasteiger partial charge on any atom is -0.0319 e. The predicted molar refractivity (Wildman–Crippen MR) is 53.0 cm³/mol. The molecule has 0 spiro atoms. The van der Waals surface area contributed by atoms with Crippen LogP contribution in [-0.2, 0) is 0 Å². The molecule has 0 aromatic carbocycles. The van der Waals surface area contributed by atoms with Crippen molar-refractivity contribution < 1.29 is 0 Å². The van der Waals surface area contributed by atoms with E-state index in [-0.39, 0.29) is 0 Å². The Morgan fingerprint density at radius 2 is 1.17 bits per heavy atom. The molecule has 0 saturated carbocycles. The van der Waals surface area contributed by atoms with Gasteiger partial charge in [0.15, 0.2) is 0 Å². The Balaban J connectivity index is 1.90. The molecule has 0 aromatic heterocycles. The summed E-state index contributed by atoms with van der Waals surface area (Å²) in [6, 6.07) is 0. The molecule has 2 aliphatic carbocycles. The molecule has 2 rings (SSSR count). The van der Waals surface area contributed by atoms with Gasteiger partial charge in [-0.1, -0.05) is 24.3 Å². The van der Waals surface area contributed by atoms with Gasteiger partial charge in [0.25, 0.3) is 0 Å². The molecule has 0 unspecified atom stereocenters. The number of hydrogen-bond acceptors (Lipinski definition) is 0. The second kappa shape index (κ2) is 3.93. The molecular formula is C12H18. The summed E-state index contributed by atoms with van der Waals surface area (Å²) in [5, 5.41) is 0. The minimum Gasteiger partial charge on any atom is -0.0885 e. The molecule has 0 amide bonds.